The molecular weight excluding hydrogens is 460 g/mol. The topological polar surface area (TPSA) is 93.1 Å². The lowest BCUT2D eigenvalue weighted by atomic mass is 9.95. The largest absolute Gasteiger partial charge is 0.353 e. The van der Waals surface area contributed by atoms with Crippen molar-refractivity contribution in [1.29, 1.82) is 0 Å². The van der Waals surface area contributed by atoms with Crippen LogP contribution >= 0.6 is 11.8 Å². The Morgan fingerprint density at radius 2 is 1.77 bits per heavy atom. The third-order valence-corrected chi connectivity index (χ3v) is 7.31. The Labute approximate surface area is 209 Å². The molecule has 8 heteroatoms. The summed E-state index contributed by atoms with van der Waals surface area (Å²) in [5.41, 5.74) is 2.32. The predicted octanol–water partition coefficient (Wildman–Crippen LogP) is 4.53. The van der Waals surface area contributed by atoms with Crippen molar-refractivity contribution in [2.24, 2.45) is 0 Å². The molecule has 0 unspecified atom stereocenters. The smallest absolute Gasteiger partial charge is 0.262 e. The van der Waals surface area contributed by atoms with E-state index >= 15 is 0 Å². The zero-order chi connectivity index (χ0) is 24.6. The highest BCUT2D eigenvalue weighted by molar-refractivity contribution is 7.99. The summed E-state index contributed by atoms with van der Waals surface area (Å²) in [5.74, 6) is -0.126. The lowest BCUT2D eigenvalue weighted by Crippen LogP contribution is -2.37. The van der Waals surface area contributed by atoms with Crippen LogP contribution in [0.1, 0.15) is 51.0 Å². The number of amides is 2. The predicted molar refractivity (Wildman–Crippen MR) is 141 cm³/mol. The van der Waals surface area contributed by atoms with Crippen molar-refractivity contribution in [2.75, 3.05) is 11.1 Å². The number of aromatic nitrogens is 2. The number of fused-ring (bicyclic) bond motifs is 1. The molecule has 0 aliphatic heterocycles. The highest BCUT2D eigenvalue weighted by Crippen LogP contribution is 2.20. The molecule has 7 nitrogen and oxygen atoms in total. The van der Waals surface area contributed by atoms with Crippen molar-refractivity contribution in [3.63, 3.8) is 0 Å². The number of nitrogens with zero attached hydrogens (tertiary/aromatic N) is 2. The molecular formula is C27H32N4O3S. The van der Waals surface area contributed by atoms with Crippen LogP contribution in [0.2, 0.25) is 0 Å². The molecule has 1 aliphatic carbocycles. The highest BCUT2D eigenvalue weighted by atomic mass is 32.2. The number of thioether (sulfide) groups is 1. The van der Waals surface area contributed by atoms with Gasteiger partial charge in [0.05, 0.1) is 16.7 Å². The molecule has 184 valence electrons. The molecule has 0 bridgehead atoms. The fourth-order valence-electron chi connectivity index (χ4n) is 4.37. The molecule has 4 rings (SSSR count). The first-order valence-corrected chi connectivity index (χ1v) is 13.3. The van der Waals surface area contributed by atoms with Crippen LogP contribution in [0.4, 0.5) is 5.69 Å². The number of hydrogen-bond donors (Lipinski definition) is 2. The lowest BCUT2D eigenvalue weighted by Gasteiger charge is -2.23. The number of carbonyl (C=O) groups is 2. The van der Waals surface area contributed by atoms with Gasteiger partial charge < -0.3 is 10.6 Å². The Kier molecular flexibility index (Phi) is 8.58. The lowest BCUT2D eigenvalue weighted by molar-refractivity contribution is -0.122. The Hall–Kier alpha value is -3.13. The van der Waals surface area contributed by atoms with Crippen molar-refractivity contribution in [2.45, 2.75) is 69.6 Å². The van der Waals surface area contributed by atoms with Gasteiger partial charge in [0.15, 0.2) is 5.16 Å². The molecule has 3 aromatic rings. The zero-order valence-corrected chi connectivity index (χ0v) is 20.9. The minimum absolute atomic E-state index is 0.0545. The van der Waals surface area contributed by atoms with Crippen LogP contribution in [0, 0.1) is 0 Å². The number of hydrogen-bond acceptors (Lipinski definition) is 5. The molecule has 0 saturated heterocycles. The molecule has 35 heavy (non-hydrogen) atoms. The van der Waals surface area contributed by atoms with E-state index in [-0.39, 0.29) is 42.1 Å². The molecule has 1 saturated carbocycles. The molecule has 2 amide bonds. The van der Waals surface area contributed by atoms with Gasteiger partial charge >= 0.3 is 0 Å². The van der Waals surface area contributed by atoms with Crippen molar-refractivity contribution >= 4 is 40.2 Å². The van der Waals surface area contributed by atoms with Crippen LogP contribution in [0.15, 0.2) is 58.5 Å². The van der Waals surface area contributed by atoms with Gasteiger partial charge in [0.2, 0.25) is 11.8 Å². The monoisotopic (exact) mass is 492 g/mol. The van der Waals surface area contributed by atoms with Crippen molar-refractivity contribution in [3.8, 4) is 0 Å². The first kappa shape index (κ1) is 25.0. The second-order valence-corrected chi connectivity index (χ2v) is 9.85. The molecule has 2 N–H and O–H groups in total. The van der Waals surface area contributed by atoms with Crippen LogP contribution < -0.4 is 16.2 Å². The molecule has 2 aromatic carbocycles. The molecule has 1 heterocycles. The van der Waals surface area contributed by atoms with Crippen LogP contribution in [0.3, 0.4) is 0 Å². The van der Waals surface area contributed by atoms with Crippen molar-refractivity contribution < 1.29 is 9.59 Å². The van der Waals surface area contributed by atoms with Gasteiger partial charge in [-0.3, -0.25) is 19.0 Å². The first-order chi connectivity index (χ1) is 17.0. The van der Waals surface area contributed by atoms with E-state index in [1.54, 1.807) is 18.2 Å². The Morgan fingerprint density at radius 3 is 2.51 bits per heavy atom. The second kappa shape index (κ2) is 12.0. The summed E-state index contributed by atoms with van der Waals surface area (Å²) in [6, 6.07) is 15.1. The third-order valence-electron chi connectivity index (χ3n) is 6.34. The van der Waals surface area contributed by atoms with E-state index in [0.29, 0.717) is 16.1 Å². The number of para-hydroxylation sites is 1. The van der Waals surface area contributed by atoms with Crippen molar-refractivity contribution in [1.82, 2.24) is 14.9 Å². The standard InChI is InChI=1S/C27H32N4O3S/c1-2-19-12-14-21(15-13-19)29-25(33)18-35-27-30-23-11-7-6-10-22(23)26(34)31(27)17-16-24(32)28-20-8-4-3-5-9-20/h6-7,10-15,20H,2-5,8-9,16-18H2,1H3,(H,28,32)(H,29,33). The molecule has 1 aliphatic rings. The van der Waals surface area contributed by atoms with E-state index in [0.717, 1.165) is 37.8 Å². The summed E-state index contributed by atoms with van der Waals surface area (Å²) in [6.45, 7) is 2.30. The number of benzene rings is 2. The van der Waals surface area contributed by atoms with Gasteiger partial charge in [0, 0.05) is 24.7 Å². The maximum atomic E-state index is 13.2. The van der Waals surface area contributed by atoms with E-state index in [1.165, 1.54) is 28.3 Å². The minimum Gasteiger partial charge on any atom is -0.353 e. The quantitative estimate of drug-likeness (QED) is 0.338. The molecule has 0 spiro atoms. The molecule has 0 atom stereocenters. The molecule has 0 radical (unpaired) electrons. The molecule has 1 aromatic heterocycles. The molecule has 1 fully saturated rings. The van der Waals surface area contributed by atoms with E-state index < -0.39 is 0 Å². The van der Waals surface area contributed by atoms with Crippen molar-refractivity contribution in [3.05, 3.63) is 64.4 Å². The maximum Gasteiger partial charge on any atom is 0.262 e. The normalized spacial score (nSPS) is 14.1. The summed E-state index contributed by atoms with van der Waals surface area (Å²) in [7, 11) is 0. The van der Waals surface area contributed by atoms with Crippen LogP contribution in [-0.2, 0) is 22.6 Å². The van der Waals surface area contributed by atoms with E-state index in [1.807, 2.05) is 30.3 Å². The Bertz CT molecular complexity index is 1230. The summed E-state index contributed by atoms with van der Waals surface area (Å²) < 4.78 is 1.52. The number of aryl methyl sites for hydroxylation is 1. The number of rotatable bonds is 9. The van der Waals surface area contributed by atoms with Crippen LogP contribution in [-0.4, -0.2) is 33.2 Å². The first-order valence-electron chi connectivity index (χ1n) is 12.3. The average molecular weight is 493 g/mol. The van der Waals surface area contributed by atoms with Gasteiger partial charge in [-0.05, 0) is 49.1 Å². The van der Waals surface area contributed by atoms with E-state index in [2.05, 4.69) is 22.5 Å². The van der Waals surface area contributed by atoms with Gasteiger partial charge in [0.25, 0.3) is 5.56 Å². The van der Waals surface area contributed by atoms with Gasteiger partial charge in [-0.25, -0.2) is 4.98 Å². The SMILES string of the molecule is CCc1ccc(NC(=O)CSc2nc3ccccc3c(=O)n2CCC(=O)NC2CCCCC2)cc1. The number of carbonyl (C=O) groups excluding carboxylic acids is 2. The summed E-state index contributed by atoms with van der Waals surface area (Å²) in [4.78, 5) is 43.0. The number of anilines is 1. The second-order valence-electron chi connectivity index (χ2n) is 8.91. The summed E-state index contributed by atoms with van der Waals surface area (Å²) >= 11 is 1.21. The zero-order valence-electron chi connectivity index (χ0n) is 20.1. The van der Waals surface area contributed by atoms with E-state index in [9.17, 15) is 14.4 Å². The fraction of sp³-hybridized carbons (Fsp3) is 0.407. The average Bonchev–Trinajstić information content (AvgIpc) is 2.88. The summed E-state index contributed by atoms with van der Waals surface area (Å²) in [5, 5.41) is 6.94. The Morgan fingerprint density at radius 1 is 1.03 bits per heavy atom. The van der Waals surface area contributed by atoms with Gasteiger partial charge in [0.1, 0.15) is 0 Å². The summed E-state index contributed by atoms with van der Waals surface area (Å²) in [6.07, 6.45) is 6.67. The van der Waals surface area contributed by atoms with Gasteiger partial charge in [-0.1, -0.05) is 62.2 Å². The fourth-order valence-corrected chi connectivity index (χ4v) is 5.19. The van der Waals surface area contributed by atoms with E-state index in [4.69, 9.17) is 0 Å². The maximum absolute atomic E-state index is 13.2. The third kappa shape index (κ3) is 6.72. The Balaban J connectivity index is 1.45. The van der Waals surface area contributed by atoms with Gasteiger partial charge in [-0.2, -0.15) is 0 Å². The minimum atomic E-state index is -0.195. The van der Waals surface area contributed by atoms with Crippen LogP contribution in [0.25, 0.3) is 10.9 Å². The van der Waals surface area contributed by atoms with Gasteiger partial charge in [-0.15, -0.1) is 0 Å². The van der Waals surface area contributed by atoms with Crippen LogP contribution in [0.5, 0.6) is 0 Å². The highest BCUT2D eigenvalue weighted by Gasteiger charge is 2.18. The number of nitrogens with one attached hydrogen (secondary N) is 2.